The fraction of sp³-hybridized carbons (Fsp3) is 0.292. The predicted molar refractivity (Wildman–Crippen MR) is 122 cm³/mol. The zero-order valence-electron chi connectivity index (χ0n) is 19.0. The van der Waals surface area contributed by atoms with E-state index < -0.39 is 27.6 Å². The van der Waals surface area contributed by atoms with Gasteiger partial charge in [0.2, 0.25) is 0 Å². The van der Waals surface area contributed by atoms with E-state index in [-0.39, 0.29) is 22.8 Å². The minimum atomic E-state index is -4.65. The van der Waals surface area contributed by atoms with Crippen LogP contribution >= 0.6 is 0 Å². The summed E-state index contributed by atoms with van der Waals surface area (Å²) >= 11 is 0. The van der Waals surface area contributed by atoms with Gasteiger partial charge in [-0.15, -0.1) is 0 Å². The molecule has 0 unspecified atom stereocenters. The lowest BCUT2D eigenvalue weighted by molar-refractivity contribution is -0.141. The Morgan fingerprint density at radius 3 is 2.21 bits per heavy atom. The van der Waals surface area contributed by atoms with Crippen LogP contribution in [0.25, 0.3) is 0 Å². The van der Waals surface area contributed by atoms with E-state index in [0.29, 0.717) is 28.1 Å². The first kappa shape index (κ1) is 24.0. The molecule has 3 aromatic rings. The molecular weight excluding hydrogens is 470 g/mol. The van der Waals surface area contributed by atoms with Crippen LogP contribution in [0.1, 0.15) is 41.8 Å². The number of fused-ring (bicyclic) bond motifs is 2. The van der Waals surface area contributed by atoms with E-state index in [1.54, 1.807) is 25.1 Å². The number of rotatable bonds is 3. The number of aryl methyl sites for hydroxylation is 2. The largest absolute Gasteiger partial charge is 0.433 e. The number of nitrogens with zero attached hydrogens (tertiary/aromatic N) is 2. The summed E-state index contributed by atoms with van der Waals surface area (Å²) in [5.74, 6) is -0.0496. The van der Waals surface area contributed by atoms with Gasteiger partial charge < -0.3 is 5.32 Å². The second kappa shape index (κ2) is 7.97. The summed E-state index contributed by atoms with van der Waals surface area (Å²) in [6, 6.07) is 11.4. The zero-order valence-corrected chi connectivity index (χ0v) is 19.8. The van der Waals surface area contributed by atoms with Crippen molar-refractivity contribution in [2.45, 2.75) is 51.0 Å². The normalized spacial score (nSPS) is 14.2. The number of benzene rings is 2. The van der Waals surface area contributed by atoms with Crippen molar-refractivity contribution in [3.8, 4) is 0 Å². The van der Waals surface area contributed by atoms with Crippen molar-refractivity contribution >= 4 is 27.2 Å². The van der Waals surface area contributed by atoms with Crippen LogP contribution in [0.2, 0.25) is 0 Å². The Balaban J connectivity index is 1.90. The van der Waals surface area contributed by atoms with Crippen molar-refractivity contribution in [1.82, 2.24) is 4.98 Å². The van der Waals surface area contributed by atoms with E-state index in [0.717, 1.165) is 10.4 Å². The Bertz CT molecular complexity index is 1360. The van der Waals surface area contributed by atoms with Crippen molar-refractivity contribution in [3.05, 3.63) is 76.5 Å². The number of sulfonamides is 1. The maximum atomic E-state index is 14.3. The molecule has 5 nitrogen and oxygen atoms in total. The quantitative estimate of drug-likeness (QED) is 0.431. The zero-order chi connectivity index (χ0) is 25.1. The Hall–Kier alpha value is -3.14. The van der Waals surface area contributed by atoms with Gasteiger partial charge in [-0.1, -0.05) is 24.3 Å². The van der Waals surface area contributed by atoms with Gasteiger partial charge >= 0.3 is 6.18 Å². The lowest BCUT2D eigenvalue weighted by Gasteiger charge is -2.26. The van der Waals surface area contributed by atoms with Crippen LogP contribution in [-0.2, 0) is 28.4 Å². The fourth-order valence-electron chi connectivity index (χ4n) is 3.94. The number of halogens is 4. The van der Waals surface area contributed by atoms with E-state index in [1.165, 1.54) is 45.0 Å². The molecule has 0 atom stereocenters. The third kappa shape index (κ3) is 4.22. The van der Waals surface area contributed by atoms with Crippen molar-refractivity contribution < 1.29 is 26.0 Å². The molecule has 10 heteroatoms. The fourth-order valence-corrected chi connectivity index (χ4v) is 5.46. The van der Waals surface area contributed by atoms with E-state index >= 15 is 0 Å². The van der Waals surface area contributed by atoms with Gasteiger partial charge in [0, 0.05) is 5.56 Å². The molecule has 4 rings (SSSR count). The van der Waals surface area contributed by atoms with Gasteiger partial charge in [0.15, 0.2) is 0 Å². The molecule has 1 aliphatic rings. The Kier molecular flexibility index (Phi) is 5.63. The first-order chi connectivity index (χ1) is 15.7. The number of pyridine rings is 1. The first-order valence-electron chi connectivity index (χ1n) is 10.5. The molecule has 2 heterocycles. The summed E-state index contributed by atoms with van der Waals surface area (Å²) in [5, 5.41) is 2.91. The molecule has 0 saturated heterocycles. The van der Waals surface area contributed by atoms with Crippen molar-refractivity contribution in [2.75, 3.05) is 9.62 Å². The van der Waals surface area contributed by atoms with Gasteiger partial charge in [-0.2, -0.15) is 13.2 Å². The number of alkyl halides is 4. The molecule has 0 radical (unpaired) electrons. The van der Waals surface area contributed by atoms with Crippen molar-refractivity contribution in [3.63, 3.8) is 0 Å². The molecule has 0 aliphatic carbocycles. The minimum absolute atomic E-state index is 0.0496. The third-order valence-corrected chi connectivity index (χ3v) is 7.57. The maximum Gasteiger partial charge on any atom is 0.433 e. The highest BCUT2D eigenvalue weighted by Crippen LogP contribution is 2.42. The average molecular weight is 494 g/mol. The molecule has 0 saturated carbocycles. The molecule has 0 amide bonds. The number of aromatic nitrogens is 1. The molecule has 2 aromatic carbocycles. The molecule has 1 aliphatic heterocycles. The molecule has 0 bridgehead atoms. The maximum absolute atomic E-state index is 14.3. The van der Waals surface area contributed by atoms with Crippen LogP contribution < -0.4 is 9.62 Å². The monoisotopic (exact) mass is 493 g/mol. The van der Waals surface area contributed by atoms with Gasteiger partial charge in [-0.05, 0) is 68.7 Å². The van der Waals surface area contributed by atoms with Gasteiger partial charge in [0.1, 0.15) is 17.2 Å². The van der Waals surface area contributed by atoms with Crippen LogP contribution in [-0.4, -0.2) is 13.4 Å². The highest BCUT2D eigenvalue weighted by atomic mass is 32.2. The number of hydrogen-bond acceptors (Lipinski definition) is 4. The number of hydrogen-bond donors (Lipinski definition) is 1. The topological polar surface area (TPSA) is 62.3 Å². The standard InChI is InChI=1S/C24H23F4N3O2S/c1-14-6-5-7-19-21(14)31(34(32,33)17-10-8-16(9-11-17)23(3,4)25)13-18-15(2)12-20(24(26,27)28)30-22(18)29-19/h5-12H,13H2,1-4H3,(H,29,30). The lowest BCUT2D eigenvalue weighted by Crippen LogP contribution is -2.31. The second-order valence-electron chi connectivity index (χ2n) is 8.75. The van der Waals surface area contributed by atoms with E-state index in [1.807, 2.05) is 0 Å². The SMILES string of the molecule is Cc1cc(C(F)(F)F)nc2c1CN(S(=O)(=O)c1ccc(C(C)(C)F)cc1)c1c(C)cccc1N2. The van der Waals surface area contributed by atoms with Crippen molar-refractivity contribution in [2.24, 2.45) is 0 Å². The van der Waals surface area contributed by atoms with Gasteiger partial charge in [0.05, 0.1) is 22.8 Å². The Morgan fingerprint density at radius 1 is 0.971 bits per heavy atom. The van der Waals surface area contributed by atoms with Crippen LogP contribution in [0.3, 0.4) is 0 Å². The van der Waals surface area contributed by atoms with Crippen LogP contribution in [0.5, 0.6) is 0 Å². The highest BCUT2D eigenvalue weighted by molar-refractivity contribution is 7.92. The number of nitrogens with one attached hydrogen (secondary N) is 1. The van der Waals surface area contributed by atoms with E-state index in [2.05, 4.69) is 10.3 Å². The molecule has 1 N–H and O–H groups in total. The van der Waals surface area contributed by atoms with Gasteiger partial charge in [0.25, 0.3) is 10.0 Å². The summed E-state index contributed by atoms with van der Waals surface area (Å²) < 4.78 is 83.1. The molecule has 180 valence electrons. The third-order valence-electron chi connectivity index (χ3n) is 5.81. The first-order valence-corrected chi connectivity index (χ1v) is 11.9. The Labute approximate surface area is 195 Å². The molecule has 34 heavy (non-hydrogen) atoms. The van der Waals surface area contributed by atoms with Crippen LogP contribution in [0.15, 0.2) is 53.4 Å². The molecular formula is C24H23F4N3O2S. The number of para-hydroxylation sites is 1. The van der Waals surface area contributed by atoms with E-state index in [9.17, 15) is 26.0 Å². The number of anilines is 3. The smallest absolute Gasteiger partial charge is 0.338 e. The van der Waals surface area contributed by atoms with E-state index in [4.69, 9.17) is 0 Å². The molecule has 1 aromatic heterocycles. The Morgan fingerprint density at radius 2 is 1.62 bits per heavy atom. The van der Waals surface area contributed by atoms with Gasteiger partial charge in [-0.3, -0.25) is 4.31 Å². The van der Waals surface area contributed by atoms with Crippen LogP contribution in [0.4, 0.5) is 34.8 Å². The van der Waals surface area contributed by atoms with Crippen molar-refractivity contribution in [1.29, 1.82) is 0 Å². The summed E-state index contributed by atoms with van der Waals surface area (Å²) in [7, 11) is -4.16. The average Bonchev–Trinajstić information content (AvgIpc) is 2.91. The molecule has 0 fully saturated rings. The highest BCUT2D eigenvalue weighted by Gasteiger charge is 2.37. The van der Waals surface area contributed by atoms with Crippen LogP contribution in [0, 0.1) is 13.8 Å². The minimum Gasteiger partial charge on any atom is -0.338 e. The summed E-state index contributed by atoms with van der Waals surface area (Å²) in [5.41, 5.74) is -0.568. The molecule has 0 spiro atoms. The predicted octanol–water partition coefficient (Wildman–Crippen LogP) is 6.37. The second-order valence-corrected chi connectivity index (χ2v) is 10.6. The summed E-state index contributed by atoms with van der Waals surface area (Å²) in [6.07, 6.45) is -4.65. The summed E-state index contributed by atoms with van der Waals surface area (Å²) in [6.45, 7) is 5.73. The lowest BCUT2D eigenvalue weighted by atomic mass is 10.0. The van der Waals surface area contributed by atoms with Gasteiger partial charge in [-0.25, -0.2) is 17.8 Å². The summed E-state index contributed by atoms with van der Waals surface area (Å²) in [4.78, 5) is 3.70.